The van der Waals surface area contributed by atoms with E-state index in [1.54, 1.807) is 42.5 Å². The lowest BCUT2D eigenvalue weighted by Gasteiger charge is -2.12. The lowest BCUT2D eigenvalue weighted by atomic mass is 10.0. The monoisotopic (exact) mass is 684 g/mol. The number of nitrogens with zero attached hydrogens (tertiary/aromatic N) is 1. The minimum absolute atomic E-state index is 0.105. The predicted octanol–water partition coefficient (Wildman–Crippen LogP) is 8.50. The Morgan fingerprint density at radius 1 is 0.816 bits per heavy atom. The van der Waals surface area contributed by atoms with Crippen LogP contribution in [0.25, 0.3) is 28.1 Å². The standard InChI is InChI=1S/C39H32N4O4S2/c1-2-47-31-19-15-27(16-20-31)35-24-49-39(42-35)43-36(44)25-48-32-21-17-30(18-22-32)40-38(46)34(41-37(45)28-10-4-3-5-11-28)23-29-13-8-12-26-9-6-7-14-33(26)29/h3-24H,2,25H2,1H3,(H,40,46)(H,41,45)(H,42,43,44)/b34-23-. The molecular formula is C39H32N4O4S2. The molecule has 6 aromatic rings. The molecule has 49 heavy (non-hydrogen) atoms. The Balaban J connectivity index is 1.08. The smallest absolute Gasteiger partial charge is 0.272 e. The predicted molar refractivity (Wildman–Crippen MR) is 199 cm³/mol. The molecule has 0 bridgehead atoms. The van der Waals surface area contributed by atoms with Gasteiger partial charge in [-0.05, 0) is 90.0 Å². The third-order valence-corrected chi connectivity index (χ3v) is 9.12. The Morgan fingerprint density at radius 2 is 1.55 bits per heavy atom. The van der Waals surface area contributed by atoms with Crippen LogP contribution >= 0.6 is 23.1 Å². The number of hydrogen-bond acceptors (Lipinski definition) is 7. The van der Waals surface area contributed by atoms with Crippen molar-refractivity contribution < 1.29 is 19.1 Å². The van der Waals surface area contributed by atoms with Crippen LogP contribution in [0, 0.1) is 0 Å². The molecule has 5 aromatic carbocycles. The molecule has 0 fully saturated rings. The third kappa shape index (κ3) is 8.81. The summed E-state index contributed by atoms with van der Waals surface area (Å²) in [4.78, 5) is 44.7. The first-order valence-electron chi connectivity index (χ1n) is 15.5. The van der Waals surface area contributed by atoms with E-state index in [2.05, 4.69) is 20.9 Å². The molecule has 0 aliphatic carbocycles. The Bertz CT molecular complexity index is 2110. The van der Waals surface area contributed by atoms with Crippen molar-refractivity contribution in [1.82, 2.24) is 10.3 Å². The number of ether oxygens (including phenoxy) is 1. The molecule has 6 rings (SSSR count). The van der Waals surface area contributed by atoms with E-state index in [1.165, 1.54) is 23.1 Å². The highest BCUT2D eigenvalue weighted by Gasteiger charge is 2.16. The van der Waals surface area contributed by atoms with Crippen molar-refractivity contribution in [3.63, 3.8) is 0 Å². The summed E-state index contributed by atoms with van der Waals surface area (Å²) in [5.74, 6) is -0.0457. The Morgan fingerprint density at radius 3 is 2.33 bits per heavy atom. The second-order valence-corrected chi connectivity index (χ2v) is 12.7. The maximum atomic E-state index is 13.6. The first-order chi connectivity index (χ1) is 23.9. The molecule has 0 radical (unpaired) electrons. The lowest BCUT2D eigenvalue weighted by molar-refractivity contribution is -0.114. The molecule has 0 aliphatic heterocycles. The van der Waals surface area contributed by atoms with Gasteiger partial charge in [-0.3, -0.25) is 14.4 Å². The van der Waals surface area contributed by atoms with Gasteiger partial charge in [0.05, 0.1) is 18.1 Å². The summed E-state index contributed by atoms with van der Waals surface area (Å²) in [6, 6.07) is 37.3. The maximum Gasteiger partial charge on any atom is 0.272 e. The number of benzene rings is 5. The number of carbonyl (C=O) groups excluding carboxylic acids is 3. The van der Waals surface area contributed by atoms with E-state index in [1.807, 2.05) is 97.2 Å². The van der Waals surface area contributed by atoms with Crippen molar-refractivity contribution in [3.8, 4) is 17.0 Å². The van der Waals surface area contributed by atoms with E-state index in [-0.39, 0.29) is 17.4 Å². The fourth-order valence-electron chi connectivity index (χ4n) is 4.96. The second-order valence-electron chi connectivity index (χ2n) is 10.8. The highest BCUT2D eigenvalue weighted by Crippen LogP contribution is 2.28. The summed E-state index contributed by atoms with van der Waals surface area (Å²) < 4.78 is 5.50. The van der Waals surface area contributed by atoms with Crippen LogP contribution in [0.5, 0.6) is 5.75 Å². The topological polar surface area (TPSA) is 109 Å². The van der Waals surface area contributed by atoms with E-state index in [0.29, 0.717) is 23.0 Å². The normalized spacial score (nSPS) is 11.2. The van der Waals surface area contributed by atoms with Crippen molar-refractivity contribution in [2.24, 2.45) is 0 Å². The van der Waals surface area contributed by atoms with E-state index >= 15 is 0 Å². The SMILES string of the molecule is CCOc1ccc(-c2csc(NC(=O)CSc3ccc(NC(=O)/C(=C/c4cccc5ccccc45)NC(=O)c4ccccc4)cc3)n2)cc1. The largest absolute Gasteiger partial charge is 0.494 e. The molecule has 0 spiro atoms. The zero-order chi connectivity index (χ0) is 34.0. The van der Waals surface area contributed by atoms with Gasteiger partial charge in [0.25, 0.3) is 11.8 Å². The van der Waals surface area contributed by atoms with Gasteiger partial charge in [0.2, 0.25) is 5.91 Å². The molecule has 10 heteroatoms. The fourth-order valence-corrected chi connectivity index (χ4v) is 6.40. The van der Waals surface area contributed by atoms with Crippen molar-refractivity contribution in [2.75, 3.05) is 23.0 Å². The molecular weight excluding hydrogens is 653 g/mol. The molecule has 8 nitrogen and oxygen atoms in total. The zero-order valence-electron chi connectivity index (χ0n) is 26.5. The number of hydrogen-bond donors (Lipinski definition) is 3. The van der Waals surface area contributed by atoms with Gasteiger partial charge in [-0.25, -0.2) is 4.98 Å². The number of thioether (sulfide) groups is 1. The Labute approximate surface area is 292 Å². The third-order valence-electron chi connectivity index (χ3n) is 7.35. The van der Waals surface area contributed by atoms with Gasteiger partial charge < -0.3 is 20.7 Å². The first kappa shape index (κ1) is 33.2. The van der Waals surface area contributed by atoms with Gasteiger partial charge in [0, 0.05) is 27.1 Å². The maximum absolute atomic E-state index is 13.6. The number of rotatable bonds is 12. The van der Waals surface area contributed by atoms with Crippen molar-refractivity contribution in [1.29, 1.82) is 0 Å². The van der Waals surface area contributed by atoms with E-state index < -0.39 is 11.8 Å². The van der Waals surface area contributed by atoms with E-state index in [0.717, 1.165) is 38.2 Å². The summed E-state index contributed by atoms with van der Waals surface area (Å²) in [5, 5.41) is 13.0. The van der Waals surface area contributed by atoms with Gasteiger partial charge in [-0.2, -0.15) is 0 Å². The van der Waals surface area contributed by atoms with Crippen LogP contribution < -0.4 is 20.7 Å². The molecule has 3 amide bonds. The zero-order valence-corrected chi connectivity index (χ0v) is 28.1. The van der Waals surface area contributed by atoms with Gasteiger partial charge in [0.15, 0.2) is 5.13 Å². The molecule has 1 aromatic heterocycles. The molecule has 0 saturated carbocycles. The minimum atomic E-state index is -0.468. The number of aromatic nitrogens is 1. The molecule has 0 saturated heterocycles. The molecule has 0 atom stereocenters. The van der Waals surface area contributed by atoms with Crippen LogP contribution in [0.15, 0.2) is 137 Å². The lowest BCUT2D eigenvalue weighted by Crippen LogP contribution is -2.30. The summed E-state index contributed by atoms with van der Waals surface area (Å²) in [6.07, 6.45) is 1.69. The molecule has 3 N–H and O–H groups in total. The average Bonchev–Trinajstić information content (AvgIpc) is 3.60. The van der Waals surface area contributed by atoms with Crippen LogP contribution in [0.2, 0.25) is 0 Å². The van der Waals surface area contributed by atoms with E-state index in [4.69, 9.17) is 4.74 Å². The van der Waals surface area contributed by atoms with Gasteiger partial charge in [-0.1, -0.05) is 60.7 Å². The highest BCUT2D eigenvalue weighted by molar-refractivity contribution is 8.00. The van der Waals surface area contributed by atoms with Crippen LogP contribution in [0.4, 0.5) is 10.8 Å². The van der Waals surface area contributed by atoms with Crippen LogP contribution in [-0.2, 0) is 9.59 Å². The molecule has 244 valence electrons. The second kappa shape index (κ2) is 15.9. The number of carbonyl (C=O) groups is 3. The van der Waals surface area contributed by atoms with Crippen LogP contribution in [0.3, 0.4) is 0 Å². The van der Waals surface area contributed by atoms with Gasteiger partial charge in [-0.15, -0.1) is 23.1 Å². The van der Waals surface area contributed by atoms with Gasteiger partial charge >= 0.3 is 0 Å². The Kier molecular flexibility index (Phi) is 10.8. The van der Waals surface area contributed by atoms with Crippen molar-refractivity contribution in [3.05, 3.63) is 144 Å². The first-order valence-corrected chi connectivity index (χ1v) is 17.4. The van der Waals surface area contributed by atoms with Crippen molar-refractivity contribution in [2.45, 2.75) is 11.8 Å². The molecule has 0 aliphatic rings. The van der Waals surface area contributed by atoms with E-state index in [9.17, 15) is 14.4 Å². The summed E-state index contributed by atoms with van der Waals surface area (Å²) in [7, 11) is 0. The van der Waals surface area contributed by atoms with Crippen LogP contribution in [0.1, 0.15) is 22.8 Å². The quantitative estimate of drug-likeness (QED) is 0.0881. The number of thiazole rings is 1. The summed E-state index contributed by atoms with van der Waals surface area (Å²) in [5.41, 5.74) is 3.61. The van der Waals surface area contributed by atoms with Crippen molar-refractivity contribution >= 4 is 68.5 Å². The molecule has 0 unspecified atom stereocenters. The number of nitrogens with one attached hydrogen (secondary N) is 3. The number of anilines is 2. The van der Waals surface area contributed by atoms with Gasteiger partial charge in [0.1, 0.15) is 11.4 Å². The summed E-state index contributed by atoms with van der Waals surface area (Å²) >= 11 is 2.74. The molecule has 1 heterocycles. The highest BCUT2D eigenvalue weighted by atomic mass is 32.2. The fraction of sp³-hybridized carbons (Fsp3) is 0.0769. The number of fused-ring (bicyclic) bond motifs is 1. The van der Waals surface area contributed by atoms with Crippen LogP contribution in [-0.4, -0.2) is 35.1 Å². The minimum Gasteiger partial charge on any atom is -0.494 e. The average molecular weight is 685 g/mol. The number of amides is 3. The summed E-state index contributed by atoms with van der Waals surface area (Å²) in [6.45, 7) is 2.55. The Hall–Kier alpha value is -5.71.